The van der Waals surface area contributed by atoms with Crippen molar-refractivity contribution in [1.82, 2.24) is 4.98 Å². The number of aromatic carboxylic acids is 1. The molecule has 5 nitrogen and oxygen atoms in total. The lowest BCUT2D eigenvalue weighted by atomic mass is 10.1. The molecule has 0 aliphatic carbocycles. The van der Waals surface area contributed by atoms with Crippen LogP contribution in [0.5, 0.6) is 0 Å². The summed E-state index contributed by atoms with van der Waals surface area (Å²) in [6.07, 6.45) is 1.03. The number of anilines is 1. The van der Waals surface area contributed by atoms with Gasteiger partial charge in [-0.3, -0.25) is 4.79 Å². The van der Waals surface area contributed by atoms with E-state index in [4.69, 9.17) is 0 Å². The molecular weight excluding hydrogens is 295 g/mol. The number of carbonyl (C=O) groups excluding carboxylic acids is 1. The minimum Gasteiger partial charge on any atom is -0.477 e. The molecule has 7 heteroatoms. The molecule has 1 amide bonds. The fraction of sp³-hybridized carbons (Fsp3) is 0.214. The Hall–Kier alpha value is -2.28. The van der Waals surface area contributed by atoms with Gasteiger partial charge in [0.05, 0.1) is 5.69 Å². The lowest BCUT2D eigenvalue weighted by molar-refractivity contribution is -0.116. The molecule has 0 unspecified atom stereocenters. The molecule has 0 saturated heterocycles. The smallest absolute Gasteiger partial charge is 0.348 e. The van der Waals surface area contributed by atoms with Crippen LogP contribution in [0.1, 0.15) is 29.4 Å². The van der Waals surface area contributed by atoms with Crippen LogP contribution in [0, 0.1) is 5.82 Å². The second-order valence-electron chi connectivity index (χ2n) is 4.31. The van der Waals surface area contributed by atoms with Crippen molar-refractivity contribution in [3.8, 4) is 11.3 Å². The van der Waals surface area contributed by atoms with E-state index in [0.29, 0.717) is 18.4 Å². The largest absolute Gasteiger partial charge is 0.477 e. The molecule has 1 aromatic heterocycles. The molecule has 0 radical (unpaired) electrons. The lowest BCUT2D eigenvalue weighted by Crippen LogP contribution is -2.10. The van der Waals surface area contributed by atoms with E-state index in [1.54, 1.807) is 0 Å². The summed E-state index contributed by atoms with van der Waals surface area (Å²) in [6.45, 7) is 1.87. The van der Waals surface area contributed by atoms with Crippen molar-refractivity contribution in [2.75, 3.05) is 5.32 Å². The van der Waals surface area contributed by atoms with Crippen molar-refractivity contribution in [3.05, 3.63) is 35.0 Å². The van der Waals surface area contributed by atoms with E-state index in [1.165, 1.54) is 24.3 Å². The molecule has 0 saturated carbocycles. The van der Waals surface area contributed by atoms with Crippen molar-refractivity contribution < 1.29 is 19.1 Å². The fourth-order valence-corrected chi connectivity index (χ4v) is 2.57. The molecule has 0 bridgehead atoms. The second-order valence-corrected chi connectivity index (χ2v) is 5.31. The molecule has 1 heterocycles. The third kappa shape index (κ3) is 3.63. The Bertz CT molecular complexity index is 667. The highest BCUT2D eigenvalue weighted by Gasteiger charge is 2.19. The van der Waals surface area contributed by atoms with E-state index < -0.39 is 11.8 Å². The highest BCUT2D eigenvalue weighted by molar-refractivity contribution is 7.18. The number of nitrogens with one attached hydrogen (secondary N) is 1. The number of benzene rings is 1. The number of carboxylic acid groups (broad SMARTS) is 1. The molecule has 2 N–H and O–H groups in total. The number of carbonyl (C=O) groups is 2. The van der Waals surface area contributed by atoms with Gasteiger partial charge in [0, 0.05) is 12.0 Å². The van der Waals surface area contributed by atoms with Crippen molar-refractivity contribution in [2.45, 2.75) is 19.8 Å². The van der Waals surface area contributed by atoms with E-state index in [0.717, 1.165) is 11.3 Å². The van der Waals surface area contributed by atoms with Crippen molar-refractivity contribution >= 4 is 28.3 Å². The molecular formula is C14H13FN2O3S. The first kappa shape index (κ1) is 15.1. The highest BCUT2D eigenvalue weighted by Crippen LogP contribution is 2.31. The summed E-state index contributed by atoms with van der Waals surface area (Å²) in [5, 5.41) is 12.0. The van der Waals surface area contributed by atoms with Gasteiger partial charge in [0.15, 0.2) is 5.13 Å². The van der Waals surface area contributed by atoms with Gasteiger partial charge in [-0.1, -0.05) is 18.3 Å². The van der Waals surface area contributed by atoms with Gasteiger partial charge >= 0.3 is 5.97 Å². The van der Waals surface area contributed by atoms with Crippen LogP contribution in [0.3, 0.4) is 0 Å². The van der Waals surface area contributed by atoms with Gasteiger partial charge in [-0.25, -0.2) is 14.2 Å². The first-order valence-corrected chi connectivity index (χ1v) is 7.12. The second kappa shape index (κ2) is 6.45. The van der Waals surface area contributed by atoms with Crippen molar-refractivity contribution in [2.24, 2.45) is 0 Å². The number of thiazole rings is 1. The van der Waals surface area contributed by atoms with Crippen LogP contribution in [0.15, 0.2) is 24.3 Å². The van der Waals surface area contributed by atoms with Crippen molar-refractivity contribution in [3.63, 3.8) is 0 Å². The number of halogens is 1. The van der Waals surface area contributed by atoms with Crippen LogP contribution in [0.4, 0.5) is 9.52 Å². The topological polar surface area (TPSA) is 79.3 Å². The third-order valence-electron chi connectivity index (χ3n) is 2.66. The zero-order valence-corrected chi connectivity index (χ0v) is 12.0. The quantitative estimate of drug-likeness (QED) is 0.887. The number of hydrogen-bond donors (Lipinski definition) is 2. The zero-order chi connectivity index (χ0) is 15.4. The normalized spacial score (nSPS) is 10.4. The van der Waals surface area contributed by atoms with Gasteiger partial charge in [0.1, 0.15) is 10.7 Å². The van der Waals surface area contributed by atoms with Crippen LogP contribution >= 0.6 is 11.3 Å². The SMILES string of the molecule is CCCC(=O)Nc1nc(-c2ccc(F)cc2)c(C(=O)O)s1. The summed E-state index contributed by atoms with van der Waals surface area (Å²) >= 11 is 0.884. The lowest BCUT2D eigenvalue weighted by Gasteiger charge is -1.99. The third-order valence-corrected chi connectivity index (χ3v) is 3.62. The number of nitrogens with zero attached hydrogens (tertiary/aromatic N) is 1. The summed E-state index contributed by atoms with van der Waals surface area (Å²) in [6, 6.07) is 5.37. The van der Waals surface area contributed by atoms with Gasteiger partial charge < -0.3 is 10.4 Å². The van der Waals surface area contributed by atoms with Crippen LogP contribution in [0.25, 0.3) is 11.3 Å². The maximum atomic E-state index is 12.9. The Balaban J connectivity index is 2.36. The number of amides is 1. The average molecular weight is 308 g/mol. The first-order valence-electron chi connectivity index (χ1n) is 6.31. The average Bonchev–Trinajstić information content (AvgIpc) is 2.84. The number of aromatic nitrogens is 1. The number of hydrogen-bond acceptors (Lipinski definition) is 4. The first-order chi connectivity index (χ1) is 10.0. The summed E-state index contributed by atoms with van der Waals surface area (Å²) in [7, 11) is 0. The number of rotatable bonds is 5. The van der Waals surface area contributed by atoms with Crippen LogP contribution in [-0.4, -0.2) is 22.0 Å². The van der Waals surface area contributed by atoms with Gasteiger partial charge in [0.2, 0.25) is 5.91 Å². The Labute approximate surface area is 124 Å². The van der Waals surface area contributed by atoms with E-state index in [-0.39, 0.29) is 21.6 Å². The summed E-state index contributed by atoms with van der Waals surface area (Å²) < 4.78 is 12.9. The standard InChI is InChI=1S/C14H13FN2O3S/c1-2-3-10(18)16-14-17-11(12(21-14)13(19)20)8-4-6-9(15)7-5-8/h4-7H,2-3H2,1H3,(H,19,20)(H,16,17,18). The summed E-state index contributed by atoms with van der Waals surface area (Å²) in [4.78, 5) is 27.0. The van der Waals surface area contributed by atoms with Crippen LogP contribution in [0.2, 0.25) is 0 Å². The fourth-order valence-electron chi connectivity index (χ4n) is 1.73. The summed E-state index contributed by atoms with van der Waals surface area (Å²) in [5.41, 5.74) is 0.709. The van der Waals surface area contributed by atoms with E-state index in [9.17, 15) is 19.1 Å². The molecule has 1 aromatic carbocycles. The maximum absolute atomic E-state index is 12.9. The Morgan fingerprint density at radius 3 is 2.57 bits per heavy atom. The maximum Gasteiger partial charge on any atom is 0.348 e. The molecule has 0 aliphatic heterocycles. The molecule has 110 valence electrons. The Kier molecular flexibility index (Phi) is 4.64. The molecule has 0 aliphatic rings. The highest BCUT2D eigenvalue weighted by atomic mass is 32.1. The monoisotopic (exact) mass is 308 g/mol. The van der Waals surface area contributed by atoms with Crippen LogP contribution in [-0.2, 0) is 4.79 Å². The summed E-state index contributed by atoms with van der Waals surface area (Å²) in [5.74, 6) is -1.76. The molecule has 0 atom stereocenters. The van der Waals surface area contributed by atoms with Crippen molar-refractivity contribution in [1.29, 1.82) is 0 Å². The van der Waals surface area contributed by atoms with Crippen LogP contribution < -0.4 is 5.32 Å². The predicted octanol–water partition coefficient (Wildman–Crippen LogP) is 3.39. The van der Waals surface area contributed by atoms with Gasteiger partial charge in [-0.05, 0) is 30.7 Å². The minimum absolute atomic E-state index is 0.00778. The minimum atomic E-state index is -1.14. The predicted molar refractivity (Wildman–Crippen MR) is 78.0 cm³/mol. The molecule has 0 fully saturated rings. The number of carboxylic acids is 1. The molecule has 21 heavy (non-hydrogen) atoms. The Morgan fingerprint density at radius 1 is 1.33 bits per heavy atom. The molecule has 0 spiro atoms. The van der Waals surface area contributed by atoms with Gasteiger partial charge in [-0.2, -0.15) is 0 Å². The molecule has 2 rings (SSSR count). The van der Waals surface area contributed by atoms with E-state index >= 15 is 0 Å². The van der Waals surface area contributed by atoms with Gasteiger partial charge in [-0.15, -0.1) is 0 Å². The Morgan fingerprint density at radius 2 is 2.00 bits per heavy atom. The zero-order valence-electron chi connectivity index (χ0n) is 11.2. The van der Waals surface area contributed by atoms with E-state index in [1.807, 2.05) is 6.92 Å². The van der Waals surface area contributed by atoms with E-state index in [2.05, 4.69) is 10.3 Å². The molecule has 2 aromatic rings. The van der Waals surface area contributed by atoms with Gasteiger partial charge in [0.25, 0.3) is 0 Å².